The number of carbonyl (C=O) groups excluding carboxylic acids is 2. The number of hydrogen-bond donors (Lipinski definition) is 2. The van der Waals surface area contributed by atoms with Crippen LogP contribution in [0.15, 0.2) is 28.6 Å². The third kappa shape index (κ3) is 4.43. The van der Waals surface area contributed by atoms with Crippen LogP contribution in [0.4, 0.5) is 10.8 Å². The summed E-state index contributed by atoms with van der Waals surface area (Å²) in [6, 6.07) is 6.52. The standard InChI is InChI=1S/C12H12N4O3S2/c1-19-10(18)7-3-2-4-8(5-7)14-9(17)6-20-12-16-15-11(13)21-12/h2-5H,6H2,1H3,(H2,13,15)(H,14,17). The van der Waals surface area contributed by atoms with Crippen LogP contribution in [0.1, 0.15) is 10.4 Å². The number of anilines is 2. The lowest BCUT2D eigenvalue weighted by Crippen LogP contribution is -2.14. The van der Waals surface area contributed by atoms with Crippen molar-refractivity contribution in [3.05, 3.63) is 29.8 Å². The molecule has 2 aromatic rings. The van der Waals surface area contributed by atoms with Crippen LogP contribution in [0.2, 0.25) is 0 Å². The van der Waals surface area contributed by atoms with E-state index in [2.05, 4.69) is 20.3 Å². The Balaban J connectivity index is 1.91. The van der Waals surface area contributed by atoms with Crippen molar-refractivity contribution in [2.75, 3.05) is 23.9 Å². The van der Waals surface area contributed by atoms with Crippen LogP contribution < -0.4 is 11.1 Å². The molecule has 0 saturated heterocycles. The Labute approximate surface area is 128 Å². The topological polar surface area (TPSA) is 107 Å². The smallest absolute Gasteiger partial charge is 0.337 e. The number of aromatic nitrogens is 2. The molecule has 0 fully saturated rings. The molecule has 1 aromatic heterocycles. The molecule has 0 aliphatic carbocycles. The number of nitrogens with zero attached hydrogens (tertiary/aromatic N) is 2. The molecule has 2 rings (SSSR count). The van der Waals surface area contributed by atoms with Gasteiger partial charge in [-0.15, -0.1) is 10.2 Å². The Morgan fingerprint density at radius 3 is 2.90 bits per heavy atom. The van der Waals surface area contributed by atoms with Crippen molar-refractivity contribution < 1.29 is 14.3 Å². The van der Waals surface area contributed by atoms with Crippen LogP contribution >= 0.6 is 23.1 Å². The van der Waals surface area contributed by atoms with Gasteiger partial charge < -0.3 is 15.8 Å². The second-order valence-corrected chi connectivity index (χ2v) is 6.05. The van der Waals surface area contributed by atoms with Gasteiger partial charge in [-0.3, -0.25) is 4.79 Å². The number of ether oxygens (including phenoxy) is 1. The van der Waals surface area contributed by atoms with Gasteiger partial charge in [0.1, 0.15) is 0 Å². The zero-order valence-electron chi connectivity index (χ0n) is 11.0. The van der Waals surface area contributed by atoms with E-state index < -0.39 is 5.97 Å². The first-order chi connectivity index (χ1) is 10.1. The lowest BCUT2D eigenvalue weighted by molar-refractivity contribution is -0.113. The van der Waals surface area contributed by atoms with Crippen LogP contribution in [0.5, 0.6) is 0 Å². The predicted octanol–water partition coefficient (Wildman–Crippen LogP) is 1.64. The highest BCUT2D eigenvalue weighted by Gasteiger charge is 2.09. The number of esters is 1. The van der Waals surface area contributed by atoms with E-state index in [1.54, 1.807) is 24.3 Å². The fourth-order valence-electron chi connectivity index (χ4n) is 1.44. The maximum Gasteiger partial charge on any atom is 0.337 e. The summed E-state index contributed by atoms with van der Waals surface area (Å²) in [5, 5.41) is 10.5. The molecular formula is C12H12N4O3S2. The number of nitrogen functional groups attached to an aromatic ring is 1. The Morgan fingerprint density at radius 2 is 2.24 bits per heavy atom. The van der Waals surface area contributed by atoms with Crippen LogP contribution in [0.25, 0.3) is 0 Å². The molecule has 9 heteroatoms. The normalized spacial score (nSPS) is 10.1. The summed E-state index contributed by atoms with van der Waals surface area (Å²) in [7, 11) is 1.30. The summed E-state index contributed by atoms with van der Waals surface area (Å²) in [6.45, 7) is 0. The fourth-order valence-corrected chi connectivity index (χ4v) is 2.88. The number of methoxy groups -OCH3 is 1. The van der Waals surface area contributed by atoms with Crippen molar-refractivity contribution in [3.63, 3.8) is 0 Å². The number of nitrogens with two attached hydrogens (primary N) is 1. The number of carbonyl (C=O) groups is 2. The number of hydrogen-bond acceptors (Lipinski definition) is 8. The number of nitrogens with one attached hydrogen (secondary N) is 1. The van der Waals surface area contributed by atoms with Gasteiger partial charge >= 0.3 is 5.97 Å². The van der Waals surface area contributed by atoms with E-state index in [9.17, 15) is 9.59 Å². The van der Waals surface area contributed by atoms with Crippen molar-refractivity contribution in [1.82, 2.24) is 10.2 Å². The highest BCUT2D eigenvalue weighted by Crippen LogP contribution is 2.23. The Kier molecular flexibility index (Phi) is 5.12. The Bertz CT molecular complexity index is 659. The molecule has 0 unspecified atom stereocenters. The van der Waals surface area contributed by atoms with E-state index in [1.807, 2.05) is 0 Å². The van der Waals surface area contributed by atoms with Gasteiger partial charge in [0, 0.05) is 5.69 Å². The third-order valence-corrected chi connectivity index (χ3v) is 4.20. The summed E-state index contributed by atoms with van der Waals surface area (Å²) in [5.41, 5.74) is 6.36. The van der Waals surface area contributed by atoms with Crippen LogP contribution in [-0.4, -0.2) is 34.9 Å². The molecule has 0 radical (unpaired) electrons. The van der Waals surface area contributed by atoms with E-state index in [1.165, 1.54) is 30.2 Å². The fraction of sp³-hybridized carbons (Fsp3) is 0.167. The average molecular weight is 324 g/mol. The number of benzene rings is 1. The third-order valence-electron chi connectivity index (χ3n) is 2.32. The molecule has 0 aliphatic heterocycles. The molecule has 0 spiro atoms. The molecule has 0 saturated carbocycles. The number of thioether (sulfide) groups is 1. The summed E-state index contributed by atoms with van der Waals surface area (Å²) in [5.74, 6) is -0.488. The molecule has 3 N–H and O–H groups in total. The monoisotopic (exact) mass is 324 g/mol. The van der Waals surface area contributed by atoms with Gasteiger partial charge in [0.15, 0.2) is 4.34 Å². The van der Waals surface area contributed by atoms with Gasteiger partial charge in [-0.05, 0) is 18.2 Å². The maximum absolute atomic E-state index is 11.8. The van der Waals surface area contributed by atoms with E-state index in [0.29, 0.717) is 20.7 Å². The minimum atomic E-state index is -0.454. The minimum Gasteiger partial charge on any atom is -0.465 e. The molecule has 0 atom stereocenters. The molecule has 0 aliphatic rings. The maximum atomic E-state index is 11.8. The van der Waals surface area contributed by atoms with Gasteiger partial charge in [-0.1, -0.05) is 29.2 Å². The molecule has 110 valence electrons. The lowest BCUT2D eigenvalue weighted by Gasteiger charge is -2.06. The molecule has 0 bridgehead atoms. The van der Waals surface area contributed by atoms with Crippen molar-refractivity contribution in [3.8, 4) is 0 Å². The number of amides is 1. The largest absolute Gasteiger partial charge is 0.465 e. The van der Waals surface area contributed by atoms with E-state index in [0.717, 1.165) is 0 Å². The first-order valence-corrected chi connectivity index (χ1v) is 7.58. The summed E-state index contributed by atoms with van der Waals surface area (Å²) in [4.78, 5) is 23.2. The molecular weight excluding hydrogens is 312 g/mol. The van der Waals surface area contributed by atoms with Crippen molar-refractivity contribution >= 4 is 45.8 Å². The Hall–Kier alpha value is -2.13. The average Bonchev–Trinajstić information content (AvgIpc) is 2.90. The SMILES string of the molecule is COC(=O)c1cccc(NC(=O)CSc2nnc(N)s2)c1. The van der Waals surface area contributed by atoms with Gasteiger partial charge in [0.25, 0.3) is 0 Å². The molecule has 21 heavy (non-hydrogen) atoms. The van der Waals surface area contributed by atoms with E-state index >= 15 is 0 Å². The van der Waals surface area contributed by atoms with Gasteiger partial charge in [-0.2, -0.15) is 0 Å². The van der Waals surface area contributed by atoms with Crippen LogP contribution in [-0.2, 0) is 9.53 Å². The van der Waals surface area contributed by atoms with E-state index in [-0.39, 0.29) is 11.7 Å². The van der Waals surface area contributed by atoms with Crippen molar-refractivity contribution in [2.24, 2.45) is 0 Å². The van der Waals surface area contributed by atoms with E-state index in [4.69, 9.17) is 5.73 Å². The molecule has 1 heterocycles. The van der Waals surface area contributed by atoms with Gasteiger partial charge in [0.05, 0.1) is 18.4 Å². The minimum absolute atomic E-state index is 0.178. The zero-order chi connectivity index (χ0) is 15.2. The predicted molar refractivity (Wildman–Crippen MR) is 81.5 cm³/mol. The molecule has 1 aromatic carbocycles. The quantitative estimate of drug-likeness (QED) is 0.636. The molecule has 7 nitrogen and oxygen atoms in total. The van der Waals surface area contributed by atoms with Crippen LogP contribution in [0, 0.1) is 0 Å². The Morgan fingerprint density at radius 1 is 1.43 bits per heavy atom. The van der Waals surface area contributed by atoms with Gasteiger partial charge in [0.2, 0.25) is 11.0 Å². The second kappa shape index (κ2) is 7.04. The number of rotatable bonds is 5. The first kappa shape index (κ1) is 15.3. The summed E-state index contributed by atoms with van der Waals surface area (Å²) < 4.78 is 5.25. The zero-order valence-corrected chi connectivity index (χ0v) is 12.7. The van der Waals surface area contributed by atoms with Crippen molar-refractivity contribution in [1.29, 1.82) is 0 Å². The summed E-state index contributed by atoms with van der Waals surface area (Å²) in [6.07, 6.45) is 0. The van der Waals surface area contributed by atoms with Crippen LogP contribution in [0.3, 0.4) is 0 Å². The second-order valence-electron chi connectivity index (χ2n) is 3.82. The van der Waals surface area contributed by atoms with Crippen molar-refractivity contribution in [2.45, 2.75) is 4.34 Å². The molecule has 1 amide bonds. The summed E-state index contributed by atoms with van der Waals surface area (Å²) >= 11 is 2.47. The first-order valence-electron chi connectivity index (χ1n) is 5.78. The highest BCUT2D eigenvalue weighted by atomic mass is 32.2. The van der Waals surface area contributed by atoms with Gasteiger partial charge in [-0.25, -0.2) is 4.79 Å². The highest BCUT2D eigenvalue weighted by molar-refractivity contribution is 8.01. The lowest BCUT2D eigenvalue weighted by atomic mass is 10.2.